The van der Waals surface area contributed by atoms with Gasteiger partial charge in [0, 0.05) is 12.1 Å². The Bertz CT molecular complexity index is 772. The second-order valence-corrected chi connectivity index (χ2v) is 4.80. The number of rotatable bonds is 4. The number of nitrogens with two attached hydrogens (primary N) is 1. The van der Waals surface area contributed by atoms with Crippen molar-refractivity contribution in [3.63, 3.8) is 0 Å². The lowest BCUT2D eigenvalue weighted by molar-refractivity contribution is -0.384. The molecule has 0 atom stereocenters. The number of nitro groups is 1. The van der Waals surface area contributed by atoms with E-state index >= 15 is 0 Å². The molecule has 3 N–H and O–H groups in total. The number of aromatic carboxylic acids is 1. The van der Waals surface area contributed by atoms with Crippen LogP contribution >= 0.6 is 11.6 Å². The molecule has 1 amide bonds. The van der Waals surface area contributed by atoms with Crippen molar-refractivity contribution in [1.82, 2.24) is 0 Å². The Labute approximate surface area is 129 Å². The molecular weight excluding hydrogens is 312 g/mol. The van der Waals surface area contributed by atoms with Crippen LogP contribution in [0.3, 0.4) is 0 Å². The zero-order valence-corrected chi connectivity index (χ0v) is 11.7. The van der Waals surface area contributed by atoms with E-state index < -0.39 is 16.8 Å². The Morgan fingerprint density at radius 3 is 2.36 bits per heavy atom. The number of carboxylic acids is 1. The fourth-order valence-corrected chi connectivity index (χ4v) is 2.11. The SMILES string of the molecule is NC(=O)c1cc(-c2cc(C(=O)O)cc([N+](=O)[O-])c2)ccc1Cl. The van der Waals surface area contributed by atoms with Crippen LogP contribution in [0.25, 0.3) is 11.1 Å². The van der Waals surface area contributed by atoms with Crippen LogP contribution in [0, 0.1) is 10.1 Å². The van der Waals surface area contributed by atoms with E-state index in [1.54, 1.807) is 0 Å². The standard InChI is InChI=1S/C14H9ClN2O5/c15-12-2-1-7(6-11(12)13(16)18)8-3-9(14(19)20)5-10(4-8)17(21)22/h1-6H,(H2,16,18)(H,19,20). The van der Waals surface area contributed by atoms with E-state index in [0.717, 1.165) is 6.07 Å². The van der Waals surface area contributed by atoms with E-state index in [9.17, 15) is 19.7 Å². The maximum absolute atomic E-state index is 11.3. The fraction of sp³-hybridized carbons (Fsp3) is 0. The molecule has 0 aliphatic carbocycles. The van der Waals surface area contributed by atoms with Gasteiger partial charge in [0.1, 0.15) is 0 Å². The largest absolute Gasteiger partial charge is 0.478 e. The first kappa shape index (κ1) is 15.5. The van der Waals surface area contributed by atoms with Crippen LogP contribution in [-0.4, -0.2) is 21.9 Å². The molecule has 2 aromatic rings. The average molecular weight is 321 g/mol. The number of carboxylic acid groups (broad SMARTS) is 1. The van der Waals surface area contributed by atoms with Crippen molar-refractivity contribution in [2.24, 2.45) is 5.73 Å². The van der Waals surface area contributed by atoms with Crippen molar-refractivity contribution in [1.29, 1.82) is 0 Å². The molecule has 2 rings (SSSR count). The number of carbonyl (C=O) groups is 2. The maximum atomic E-state index is 11.3. The van der Waals surface area contributed by atoms with Crippen molar-refractivity contribution < 1.29 is 19.6 Å². The monoisotopic (exact) mass is 320 g/mol. The van der Waals surface area contributed by atoms with E-state index in [1.807, 2.05) is 0 Å². The van der Waals surface area contributed by atoms with Crippen molar-refractivity contribution in [3.05, 3.63) is 62.7 Å². The van der Waals surface area contributed by atoms with Gasteiger partial charge in [-0.15, -0.1) is 0 Å². The predicted octanol–water partition coefficient (Wildman–Crippen LogP) is 2.71. The molecule has 0 heterocycles. The average Bonchev–Trinajstić information content (AvgIpc) is 2.46. The highest BCUT2D eigenvalue weighted by Crippen LogP contribution is 2.29. The summed E-state index contributed by atoms with van der Waals surface area (Å²) >= 11 is 5.84. The first-order chi connectivity index (χ1) is 10.3. The van der Waals surface area contributed by atoms with Crippen LogP contribution < -0.4 is 5.73 Å². The summed E-state index contributed by atoms with van der Waals surface area (Å²) in [6.45, 7) is 0. The van der Waals surface area contributed by atoms with Crippen molar-refractivity contribution >= 4 is 29.2 Å². The molecule has 112 valence electrons. The van der Waals surface area contributed by atoms with Gasteiger partial charge < -0.3 is 10.8 Å². The molecule has 22 heavy (non-hydrogen) atoms. The number of non-ortho nitro benzene ring substituents is 1. The van der Waals surface area contributed by atoms with Gasteiger partial charge in [-0.05, 0) is 29.3 Å². The third-order valence-corrected chi connectivity index (χ3v) is 3.27. The molecule has 0 aliphatic rings. The lowest BCUT2D eigenvalue weighted by Crippen LogP contribution is -2.11. The number of halogens is 1. The minimum absolute atomic E-state index is 0.0440. The summed E-state index contributed by atoms with van der Waals surface area (Å²) in [5.41, 5.74) is 5.29. The Morgan fingerprint density at radius 1 is 1.14 bits per heavy atom. The van der Waals surface area contributed by atoms with E-state index in [1.165, 1.54) is 30.3 Å². The number of amides is 1. The highest BCUT2D eigenvalue weighted by molar-refractivity contribution is 6.33. The third-order valence-electron chi connectivity index (χ3n) is 2.94. The Balaban J connectivity index is 2.66. The van der Waals surface area contributed by atoms with Gasteiger partial charge in [0.05, 0.1) is 21.1 Å². The minimum Gasteiger partial charge on any atom is -0.478 e. The third kappa shape index (κ3) is 3.04. The van der Waals surface area contributed by atoms with Crippen molar-refractivity contribution in [2.45, 2.75) is 0 Å². The molecule has 8 heteroatoms. The minimum atomic E-state index is -1.30. The van der Waals surface area contributed by atoms with Crippen LogP contribution in [0.5, 0.6) is 0 Å². The van der Waals surface area contributed by atoms with E-state index in [2.05, 4.69) is 0 Å². The first-order valence-electron chi connectivity index (χ1n) is 5.92. The second-order valence-electron chi connectivity index (χ2n) is 4.39. The van der Waals surface area contributed by atoms with Gasteiger partial charge in [0.15, 0.2) is 0 Å². The normalized spacial score (nSPS) is 10.2. The van der Waals surface area contributed by atoms with Gasteiger partial charge in [-0.3, -0.25) is 14.9 Å². The summed E-state index contributed by atoms with van der Waals surface area (Å²) in [5.74, 6) is -2.05. The number of nitro benzene ring substituents is 1. The quantitative estimate of drug-likeness (QED) is 0.662. The summed E-state index contributed by atoms with van der Waals surface area (Å²) in [6, 6.07) is 7.71. The zero-order valence-electron chi connectivity index (χ0n) is 10.9. The summed E-state index contributed by atoms with van der Waals surface area (Å²) in [5, 5.41) is 20.1. The second kappa shape index (κ2) is 5.82. The first-order valence-corrected chi connectivity index (χ1v) is 6.30. The molecule has 0 bridgehead atoms. The summed E-state index contributed by atoms with van der Waals surface area (Å²) < 4.78 is 0. The summed E-state index contributed by atoms with van der Waals surface area (Å²) in [7, 11) is 0. The molecule has 0 aromatic heterocycles. The van der Waals surface area contributed by atoms with E-state index in [-0.39, 0.29) is 27.4 Å². The fourth-order valence-electron chi connectivity index (χ4n) is 1.90. The summed E-state index contributed by atoms with van der Waals surface area (Å²) in [6.07, 6.45) is 0. The number of hydrogen-bond donors (Lipinski definition) is 2. The van der Waals surface area contributed by atoms with Crippen LogP contribution in [0.15, 0.2) is 36.4 Å². The number of benzene rings is 2. The molecule has 0 spiro atoms. The van der Waals surface area contributed by atoms with Crippen molar-refractivity contribution in [3.8, 4) is 11.1 Å². The number of carbonyl (C=O) groups excluding carboxylic acids is 1. The Morgan fingerprint density at radius 2 is 1.82 bits per heavy atom. The van der Waals surface area contributed by atoms with Crippen LogP contribution in [0.2, 0.25) is 5.02 Å². The summed E-state index contributed by atoms with van der Waals surface area (Å²) in [4.78, 5) is 32.6. The molecule has 0 saturated carbocycles. The lowest BCUT2D eigenvalue weighted by Gasteiger charge is -2.07. The van der Waals surface area contributed by atoms with Crippen LogP contribution in [0.1, 0.15) is 20.7 Å². The highest BCUT2D eigenvalue weighted by Gasteiger charge is 2.16. The van der Waals surface area contributed by atoms with Gasteiger partial charge in [0.2, 0.25) is 5.91 Å². The Kier molecular flexibility index (Phi) is 4.09. The molecule has 7 nitrogen and oxygen atoms in total. The van der Waals surface area contributed by atoms with Gasteiger partial charge >= 0.3 is 5.97 Å². The predicted molar refractivity (Wildman–Crippen MR) is 79.0 cm³/mol. The molecular formula is C14H9ClN2O5. The zero-order chi connectivity index (χ0) is 16.4. The van der Waals surface area contributed by atoms with Gasteiger partial charge in [0.25, 0.3) is 5.69 Å². The van der Waals surface area contributed by atoms with E-state index in [4.69, 9.17) is 22.4 Å². The molecule has 0 unspecified atom stereocenters. The van der Waals surface area contributed by atoms with Gasteiger partial charge in [-0.25, -0.2) is 4.79 Å². The number of hydrogen-bond acceptors (Lipinski definition) is 4. The molecule has 0 radical (unpaired) electrons. The number of primary amides is 1. The van der Waals surface area contributed by atoms with E-state index in [0.29, 0.717) is 5.56 Å². The van der Waals surface area contributed by atoms with Crippen molar-refractivity contribution in [2.75, 3.05) is 0 Å². The molecule has 0 saturated heterocycles. The highest BCUT2D eigenvalue weighted by atomic mass is 35.5. The van der Waals surface area contributed by atoms with Gasteiger partial charge in [-0.2, -0.15) is 0 Å². The topological polar surface area (TPSA) is 124 Å². The molecule has 2 aromatic carbocycles. The van der Waals surface area contributed by atoms with Crippen LogP contribution in [0.4, 0.5) is 5.69 Å². The van der Waals surface area contributed by atoms with Crippen LogP contribution in [-0.2, 0) is 0 Å². The van der Waals surface area contributed by atoms with Gasteiger partial charge in [-0.1, -0.05) is 17.7 Å². The Hall–Kier alpha value is -2.93. The lowest BCUT2D eigenvalue weighted by atomic mass is 10.00. The maximum Gasteiger partial charge on any atom is 0.335 e. The smallest absolute Gasteiger partial charge is 0.335 e. The molecule has 0 aliphatic heterocycles. The number of nitrogens with zero attached hydrogens (tertiary/aromatic N) is 1. The molecule has 0 fully saturated rings.